The van der Waals surface area contributed by atoms with E-state index in [1.54, 1.807) is 55.5 Å². The van der Waals surface area contributed by atoms with E-state index in [-0.39, 0.29) is 19.4 Å². The molecule has 0 spiro atoms. The summed E-state index contributed by atoms with van der Waals surface area (Å²) in [4.78, 5) is 40.9. The van der Waals surface area contributed by atoms with Crippen molar-refractivity contribution in [3.63, 3.8) is 0 Å². The van der Waals surface area contributed by atoms with Gasteiger partial charge in [-0.1, -0.05) is 91.0 Å². The monoisotopic (exact) mass is 686 g/mol. The lowest BCUT2D eigenvalue weighted by Gasteiger charge is -2.30. The predicted molar refractivity (Wildman–Crippen MR) is 189 cm³/mol. The van der Waals surface area contributed by atoms with Gasteiger partial charge >= 0.3 is 0 Å². The summed E-state index contributed by atoms with van der Waals surface area (Å²) in [5, 5.41) is 19.5. The van der Waals surface area contributed by atoms with E-state index in [0.717, 1.165) is 15.4 Å². The summed E-state index contributed by atoms with van der Waals surface area (Å²) < 4.78 is 29.0. The second kappa shape index (κ2) is 17.9. The molecule has 0 saturated carbocycles. The number of ether oxygens (including phenoxy) is 1. The van der Waals surface area contributed by atoms with Crippen molar-refractivity contribution in [2.24, 2.45) is 0 Å². The predicted octanol–water partition coefficient (Wildman–Crippen LogP) is 3.47. The van der Waals surface area contributed by atoms with Crippen LogP contribution in [-0.2, 0) is 45.0 Å². The number of rotatable bonds is 16. The van der Waals surface area contributed by atoms with Gasteiger partial charge in [-0.25, -0.2) is 4.21 Å². The van der Waals surface area contributed by atoms with Crippen molar-refractivity contribution in [3.8, 4) is 5.75 Å². The van der Waals surface area contributed by atoms with Crippen molar-refractivity contribution >= 4 is 34.7 Å². The number of para-hydroxylation sites is 1. The minimum Gasteiger partial charge on any atom is -0.497 e. The van der Waals surface area contributed by atoms with Crippen LogP contribution in [0.4, 0.5) is 5.69 Å². The second-order valence-electron chi connectivity index (χ2n) is 11.6. The van der Waals surface area contributed by atoms with Crippen LogP contribution in [0.3, 0.4) is 0 Å². The number of aliphatic hydroxyl groups excluding tert-OH is 1. The van der Waals surface area contributed by atoms with Gasteiger partial charge in [-0.05, 0) is 60.7 Å². The van der Waals surface area contributed by atoms with Gasteiger partial charge in [-0.15, -0.1) is 0 Å². The van der Waals surface area contributed by atoms with E-state index >= 15 is 0 Å². The largest absolute Gasteiger partial charge is 0.497 e. The fourth-order valence-corrected chi connectivity index (χ4v) is 6.05. The molecule has 49 heavy (non-hydrogen) atoms. The molecule has 0 fully saturated rings. The third-order valence-electron chi connectivity index (χ3n) is 8.07. The smallest absolute Gasteiger partial charge is 0.262 e. The van der Waals surface area contributed by atoms with Gasteiger partial charge in [0.05, 0.1) is 18.8 Å². The number of amides is 3. The quantitative estimate of drug-likeness (QED) is 0.113. The molecule has 3 amide bonds. The summed E-state index contributed by atoms with van der Waals surface area (Å²) in [7, 11) is 1.53. The molecule has 0 radical (unpaired) electrons. The Bertz CT molecular complexity index is 1710. The fourth-order valence-electron chi connectivity index (χ4n) is 5.31. The minimum absolute atomic E-state index is 0.0369. The normalized spacial score (nSPS) is 14.0. The molecule has 258 valence electrons. The molecular weight excluding hydrogens is 644 g/mol. The molecule has 5 atom stereocenters. The van der Waals surface area contributed by atoms with Crippen LogP contribution in [0.1, 0.15) is 29.2 Å². The summed E-state index contributed by atoms with van der Waals surface area (Å²) in [6.45, 7) is 3.41. The van der Waals surface area contributed by atoms with Crippen LogP contribution in [-0.4, -0.2) is 62.9 Å². The third kappa shape index (κ3) is 10.5. The Kier molecular flexibility index (Phi) is 13.5. The second-order valence-corrected chi connectivity index (χ2v) is 12.4. The van der Waals surface area contributed by atoms with Gasteiger partial charge < -0.3 is 25.8 Å². The zero-order chi connectivity index (χ0) is 35.3. The van der Waals surface area contributed by atoms with Crippen molar-refractivity contribution < 1.29 is 33.0 Å². The first-order chi connectivity index (χ1) is 23.6. The number of methoxy groups -OCH3 is 1. The van der Waals surface area contributed by atoms with Crippen LogP contribution < -0.4 is 25.0 Å². The van der Waals surface area contributed by atoms with E-state index in [0.29, 0.717) is 22.6 Å². The molecule has 0 aliphatic rings. The number of nitrogens with one attached hydrogen (secondary N) is 3. The maximum atomic E-state index is 14.0. The molecule has 0 heterocycles. The Balaban J connectivity index is 1.59. The van der Waals surface area contributed by atoms with Gasteiger partial charge in [0.1, 0.15) is 17.8 Å². The summed E-state index contributed by atoms with van der Waals surface area (Å²) in [5.41, 5.74) is 3.37. The highest BCUT2D eigenvalue weighted by atomic mass is 32.2. The lowest BCUT2D eigenvalue weighted by molar-refractivity contribution is -0.134. The molecular formula is C37H42N4O7S. The summed E-state index contributed by atoms with van der Waals surface area (Å²) >= 11 is -2.56. The van der Waals surface area contributed by atoms with Gasteiger partial charge in [-0.3, -0.25) is 23.2 Å². The lowest BCUT2D eigenvalue weighted by Crippen LogP contribution is -2.58. The Morgan fingerprint density at radius 1 is 0.755 bits per heavy atom. The highest BCUT2D eigenvalue weighted by Gasteiger charge is 2.34. The van der Waals surface area contributed by atoms with Gasteiger partial charge in [0.25, 0.3) is 17.2 Å². The Hall–Kier alpha value is -5.04. The molecule has 4 rings (SSSR count). The Morgan fingerprint density at radius 3 is 1.92 bits per heavy atom. The number of benzene rings is 4. The van der Waals surface area contributed by atoms with E-state index in [4.69, 9.17) is 4.74 Å². The zero-order valence-electron chi connectivity index (χ0n) is 27.6. The van der Waals surface area contributed by atoms with Gasteiger partial charge in [-0.2, -0.15) is 0 Å². The average molecular weight is 687 g/mol. The molecule has 5 N–H and O–H groups in total. The first-order valence-electron chi connectivity index (χ1n) is 15.8. The maximum absolute atomic E-state index is 14.0. The van der Waals surface area contributed by atoms with E-state index in [1.807, 2.05) is 60.7 Å². The molecule has 4 aromatic carbocycles. The highest BCUT2D eigenvalue weighted by molar-refractivity contribution is 7.80. The molecule has 12 heteroatoms. The zero-order valence-corrected chi connectivity index (χ0v) is 28.4. The van der Waals surface area contributed by atoms with Gasteiger partial charge in [0, 0.05) is 13.0 Å². The lowest BCUT2D eigenvalue weighted by atomic mass is 9.98. The molecule has 0 bridgehead atoms. The number of aliphatic hydroxyl groups is 1. The Morgan fingerprint density at radius 2 is 1.33 bits per heavy atom. The Labute approximate surface area is 289 Å². The number of carbonyl (C=O) groups excluding carboxylic acids is 3. The van der Waals surface area contributed by atoms with Crippen molar-refractivity contribution in [2.75, 3.05) is 11.4 Å². The van der Waals surface area contributed by atoms with Crippen molar-refractivity contribution in [1.82, 2.24) is 16.0 Å². The third-order valence-corrected chi connectivity index (χ3v) is 8.92. The van der Waals surface area contributed by atoms with Crippen LogP contribution in [0.2, 0.25) is 0 Å². The van der Waals surface area contributed by atoms with Crippen LogP contribution in [0.5, 0.6) is 5.75 Å². The topological polar surface area (TPSA) is 157 Å². The van der Waals surface area contributed by atoms with Crippen molar-refractivity contribution in [2.45, 2.75) is 57.5 Å². The van der Waals surface area contributed by atoms with E-state index in [1.165, 1.54) is 14.0 Å². The number of hydrogen-bond acceptors (Lipinski definition) is 6. The van der Waals surface area contributed by atoms with Crippen LogP contribution in [0.25, 0.3) is 0 Å². The fraction of sp³-hybridized carbons (Fsp3) is 0.270. The van der Waals surface area contributed by atoms with E-state index in [2.05, 4.69) is 16.0 Å². The van der Waals surface area contributed by atoms with E-state index < -0.39 is 53.2 Å². The van der Waals surface area contributed by atoms with E-state index in [9.17, 15) is 28.3 Å². The SMILES string of the molecule is COc1ccc(C[C@H](NC(=O)[C@H](C)N(c2ccccc2C)S(=O)O)C(=O)NC(Cc2ccccc2)C(O)C(=O)NCc2ccccc2)cc1. The van der Waals surface area contributed by atoms with Crippen molar-refractivity contribution in [1.29, 1.82) is 0 Å². The maximum Gasteiger partial charge on any atom is 0.262 e. The van der Waals surface area contributed by atoms with Crippen molar-refractivity contribution in [3.05, 3.63) is 131 Å². The molecule has 11 nitrogen and oxygen atoms in total. The summed E-state index contributed by atoms with van der Waals surface area (Å²) in [6.07, 6.45) is -1.47. The minimum atomic E-state index is -2.56. The summed E-state index contributed by atoms with van der Waals surface area (Å²) in [6, 6.07) is 28.7. The molecule has 4 aromatic rings. The van der Waals surface area contributed by atoms with Gasteiger partial charge in [0.15, 0.2) is 6.10 Å². The summed E-state index contributed by atoms with van der Waals surface area (Å²) in [5.74, 6) is -1.40. The molecule has 3 unspecified atom stereocenters. The highest BCUT2D eigenvalue weighted by Crippen LogP contribution is 2.23. The molecule has 0 aromatic heterocycles. The average Bonchev–Trinajstić information content (AvgIpc) is 3.11. The van der Waals surface area contributed by atoms with Crippen LogP contribution in [0.15, 0.2) is 109 Å². The van der Waals surface area contributed by atoms with Crippen LogP contribution in [0, 0.1) is 6.92 Å². The van der Waals surface area contributed by atoms with Crippen LogP contribution >= 0.6 is 0 Å². The first kappa shape index (κ1) is 36.8. The van der Waals surface area contributed by atoms with Gasteiger partial charge in [0.2, 0.25) is 11.8 Å². The first-order valence-corrected chi connectivity index (χ1v) is 16.9. The number of anilines is 1. The molecule has 0 aliphatic heterocycles. The number of nitrogens with zero attached hydrogens (tertiary/aromatic N) is 1. The molecule has 0 saturated heterocycles. The standard InChI is InChI=1S/C37H42N4O7S/c1-25-12-10-11-17-33(25)41(49(46)47)26(2)35(43)40-32(23-28-18-20-30(48-3)21-19-28)36(44)39-31(22-27-13-6-4-7-14-27)34(42)37(45)38-24-29-15-8-5-9-16-29/h4-21,26,31-32,34,42H,22-24H2,1-3H3,(H,38,45)(H,39,44)(H,40,43)(H,46,47)/t26-,31?,32-,34?/m0/s1. The number of hydrogen-bond donors (Lipinski definition) is 5. The number of carbonyl (C=O) groups is 3. The molecule has 0 aliphatic carbocycles. The number of aryl methyl sites for hydroxylation is 1.